The summed E-state index contributed by atoms with van der Waals surface area (Å²) in [5.41, 5.74) is 3.87. The maximum atomic E-state index is 5.20. The first-order valence-corrected chi connectivity index (χ1v) is 6.13. The highest BCUT2D eigenvalue weighted by molar-refractivity contribution is 7.80. The predicted molar refractivity (Wildman–Crippen MR) is 66.9 cm³/mol. The number of rotatable bonds is 2. The van der Waals surface area contributed by atoms with Gasteiger partial charge in [0.05, 0.1) is 0 Å². The Hall–Kier alpha value is -0.640. The molecule has 2 saturated carbocycles. The summed E-state index contributed by atoms with van der Waals surface area (Å²) in [6.07, 6.45) is 5.49. The van der Waals surface area contributed by atoms with Crippen molar-refractivity contribution in [3.05, 3.63) is 0 Å². The molecule has 15 heavy (non-hydrogen) atoms. The van der Waals surface area contributed by atoms with Gasteiger partial charge in [0.25, 0.3) is 0 Å². The average Bonchev–Trinajstić information content (AvgIpc) is 2.76. The van der Waals surface area contributed by atoms with E-state index in [-0.39, 0.29) is 0 Å². The quantitative estimate of drug-likeness (QED) is 0.429. The van der Waals surface area contributed by atoms with Crippen LogP contribution in [0.5, 0.6) is 0 Å². The summed E-state index contributed by atoms with van der Waals surface area (Å²) in [6.45, 7) is 3.90. The number of hydrogen-bond donors (Lipinski definition) is 2. The first kappa shape index (κ1) is 10.9. The summed E-state index contributed by atoms with van der Waals surface area (Å²) in [5.74, 6) is 1.80. The highest BCUT2D eigenvalue weighted by Gasteiger charge is 2.39. The number of hydrogen-bond acceptors (Lipinski definition) is 2. The molecule has 0 spiro atoms. The molecule has 2 N–H and O–H groups in total. The molecule has 2 aliphatic carbocycles. The second-order valence-corrected chi connectivity index (χ2v) is 5.33. The molecule has 3 nitrogen and oxygen atoms in total. The van der Waals surface area contributed by atoms with Crippen LogP contribution in [-0.2, 0) is 0 Å². The van der Waals surface area contributed by atoms with Gasteiger partial charge in [-0.15, -0.1) is 0 Å². The summed E-state index contributed by atoms with van der Waals surface area (Å²) >= 11 is 5.20. The minimum Gasteiger partial charge on any atom is -0.358 e. The summed E-state index contributed by atoms with van der Waals surface area (Å²) < 4.78 is 0. The van der Waals surface area contributed by atoms with E-state index in [1.165, 1.54) is 25.7 Å². The summed E-state index contributed by atoms with van der Waals surface area (Å²) in [6, 6.07) is 0.594. The van der Waals surface area contributed by atoms with Crippen LogP contribution < -0.4 is 10.7 Å². The van der Waals surface area contributed by atoms with Gasteiger partial charge in [-0.25, -0.2) is 0 Å². The van der Waals surface area contributed by atoms with E-state index >= 15 is 0 Å². The predicted octanol–water partition coefficient (Wildman–Crippen LogP) is 2.03. The zero-order valence-electron chi connectivity index (χ0n) is 9.42. The minimum absolute atomic E-state index is 0.594. The Labute approximate surface area is 96.7 Å². The zero-order valence-corrected chi connectivity index (χ0v) is 10.2. The monoisotopic (exact) mass is 225 g/mol. The lowest BCUT2D eigenvalue weighted by Crippen LogP contribution is -2.42. The van der Waals surface area contributed by atoms with Crippen LogP contribution in [0.2, 0.25) is 0 Å². The fraction of sp³-hybridized carbons (Fsp3) is 0.818. The van der Waals surface area contributed by atoms with Gasteiger partial charge in [0, 0.05) is 11.8 Å². The van der Waals surface area contributed by atoms with Gasteiger partial charge in [-0.3, -0.25) is 5.43 Å². The third-order valence-corrected chi connectivity index (χ3v) is 3.64. The van der Waals surface area contributed by atoms with E-state index in [1.807, 2.05) is 13.8 Å². The highest BCUT2D eigenvalue weighted by Crippen LogP contribution is 2.44. The second-order valence-electron chi connectivity index (χ2n) is 4.93. The van der Waals surface area contributed by atoms with Crippen molar-refractivity contribution in [2.75, 3.05) is 0 Å². The van der Waals surface area contributed by atoms with Gasteiger partial charge in [-0.1, -0.05) is 6.42 Å². The Kier molecular flexibility index (Phi) is 3.24. The van der Waals surface area contributed by atoms with E-state index < -0.39 is 0 Å². The van der Waals surface area contributed by atoms with E-state index in [0.29, 0.717) is 11.2 Å². The van der Waals surface area contributed by atoms with Crippen molar-refractivity contribution in [2.24, 2.45) is 16.9 Å². The van der Waals surface area contributed by atoms with E-state index in [1.54, 1.807) is 0 Å². The second kappa shape index (κ2) is 4.47. The van der Waals surface area contributed by atoms with E-state index in [4.69, 9.17) is 12.2 Å². The summed E-state index contributed by atoms with van der Waals surface area (Å²) in [7, 11) is 0. The van der Waals surface area contributed by atoms with E-state index in [0.717, 1.165) is 17.5 Å². The highest BCUT2D eigenvalue weighted by atomic mass is 32.1. The molecule has 2 aliphatic rings. The Bertz CT molecular complexity index is 284. The smallest absolute Gasteiger partial charge is 0.187 e. The Morgan fingerprint density at radius 3 is 2.60 bits per heavy atom. The van der Waals surface area contributed by atoms with Crippen LogP contribution >= 0.6 is 12.2 Å². The minimum atomic E-state index is 0.594. The molecule has 0 heterocycles. The van der Waals surface area contributed by atoms with Gasteiger partial charge >= 0.3 is 0 Å². The van der Waals surface area contributed by atoms with Crippen molar-refractivity contribution in [1.82, 2.24) is 10.7 Å². The van der Waals surface area contributed by atoms with Crippen LogP contribution in [0.1, 0.15) is 39.5 Å². The van der Waals surface area contributed by atoms with Crippen LogP contribution in [-0.4, -0.2) is 16.9 Å². The molecular weight excluding hydrogens is 206 g/mol. The molecular formula is C11H19N3S. The molecule has 0 aromatic rings. The van der Waals surface area contributed by atoms with Gasteiger partial charge in [0.2, 0.25) is 0 Å². The van der Waals surface area contributed by atoms with Crippen LogP contribution in [0.4, 0.5) is 0 Å². The number of thiocarbonyl (C=S) groups is 1. The van der Waals surface area contributed by atoms with Crippen molar-refractivity contribution in [3.8, 4) is 0 Å². The van der Waals surface area contributed by atoms with E-state index in [2.05, 4.69) is 15.8 Å². The maximum absolute atomic E-state index is 5.20. The average molecular weight is 225 g/mol. The fourth-order valence-corrected chi connectivity index (χ4v) is 2.98. The first-order chi connectivity index (χ1) is 7.15. The van der Waals surface area contributed by atoms with Crippen molar-refractivity contribution in [3.63, 3.8) is 0 Å². The topological polar surface area (TPSA) is 36.4 Å². The molecule has 0 radical (unpaired) electrons. The molecule has 0 amide bonds. The molecule has 0 saturated heterocycles. The molecule has 84 valence electrons. The van der Waals surface area contributed by atoms with Gasteiger partial charge in [-0.2, -0.15) is 5.10 Å². The summed E-state index contributed by atoms with van der Waals surface area (Å²) in [5, 5.41) is 8.15. The number of nitrogens with zero attached hydrogens (tertiary/aromatic N) is 1. The molecule has 2 rings (SSSR count). The Morgan fingerprint density at radius 2 is 2.07 bits per heavy atom. The van der Waals surface area contributed by atoms with Gasteiger partial charge in [-0.05, 0) is 57.2 Å². The van der Waals surface area contributed by atoms with Crippen molar-refractivity contribution in [2.45, 2.75) is 45.6 Å². The molecule has 2 fully saturated rings. The largest absolute Gasteiger partial charge is 0.358 e. The van der Waals surface area contributed by atoms with Crippen molar-refractivity contribution in [1.29, 1.82) is 0 Å². The lowest BCUT2D eigenvalue weighted by atomic mass is 9.96. The molecule has 0 aromatic heterocycles. The van der Waals surface area contributed by atoms with Gasteiger partial charge < -0.3 is 5.32 Å². The van der Waals surface area contributed by atoms with Crippen LogP contribution in [0, 0.1) is 11.8 Å². The summed E-state index contributed by atoms with van der Waals surface area (Å²) in [4.78, 5) is 0. The first-order valence-electron chi connectivity index (χ1n) is 5.72. The van der Waals surface area contributed by atoms with Gasteiger partial charge in [0.15, 0.2) is 5.11 Å². The zero-order chi connectivity index (χ0) is 10.8. The third kappa shape index (κ3) is 2.68. The number of nitrogens with one attached hydrogen (secondary N) is 2. The molecule has 0 aromatic carbocycles. The van der Waals surface area contributed by atoms with Crippen LogP contribution in [0.25, 0.3) is 0 Å². The Balaban J connectivity index is 1.77. The standard InChI is InChI=1S/C11H19N3S/c1-7(2)13-14-11(15)12-10-6-8-3-4-9(10)5-8/h8-10H,3-6H2,1-2H3,(H2,12,14,15)/t8-,9+,10-/m0/s1. The Morgan fingerprint density at radius 1 is 1.27 bits per heavy atom. The van der Waals surface area contributed by atoms with E-state index in [9.17, 15) is 0 Å². The van der Waals surface area contributed by atoms with Crippen LogP contribution in [0.15, 0.2) is 5.10 Å². The number of fused-ring (bicyclic) bond motifs is 2. The molecule has 2 bridgehead atoms. The van der Waals surface area contributed by atoms with Gasteiger partial charge in [0.1, 0.15) is 0 Å². The molecule has 0 aliphatic heterocycles. The molecule has 4 heteroatoms. The SMILES string of the molecule is CC(C)=NNC(=S)N[C@H]1C[C@H]2CC[C@@H]1C2. The van der Waals surface area contributed by atoms with Crippen molar-refractivity contribution >= 4 is 23.0 Å². The lowest BCUT2D eigenvalue weighted by Gasteiger charge is -2.23. The fourth-order valence-electron chi connectivity index (χ4n) is 2.78. The van der Waals surface area contributed by atoms with Crippen molar-refractivity contribution < 1.29 is 0 Å². The lowest BCUT2D eigenvalue weighted by molar-refractivity contribution is 0.389. The molecule has 0 unspecified atom stereocenters. The molecule has 3 atom stereocenters. The normalized spacial score (nSPS) is 32.5. The van der Waals surface area contributed by atoms with Crippen LogP contribution in [0.3, 0.4) is 0 Å². The number of hydrazone groups is 1. The maximum Gasteiger partial charge on any atom is 0.187 e. The third-order valence-electron chi connectivity index (χ3n) is 3.44.